The molecule has 1 aliphatic heterocycles. The summed E-state index contributed by atoms with van der Waals surface area (Å²) in [4.78, 5) is 4.51. The molecule has 1 aromatic carbocycles. The molecule has 2 heterocycles. The van der Waals surface area contributed by atoms with Crippen LogP contribution >= 0.6 is 27.5 Å². The summed E-state index contributed by atoms with van der Waals surface area (Å²) < 4.78 is 6.27. The maximum Gasteiger partial charge on any atom is 0.258 e. The van der Waals surface area contributed by atoms with Crippen molar-refractivity contribution in [1.29, 1.82) is 0 Å². The highest BCUT2D eigenvalue weighted by Crippen LogP contribution is 2.28. The van der Waals surface area contributed by atoms with Crippen LogP contribution in [0.2, 0.25) is 5.02 Å². The van der Waals surface area contributed by atoms with Crippen LogP contribution in [0.3, 0.4) is 0 Å². The molecule has 20 heavy (non-hydrogen) atoms. The number of nitrogens with zero attached hydrogens (tertiary/aromatic N) is 2. The van der Waals surface area contributed by atoms with E-state index in [-0.39, 0.29) is 6.04 Å². The Morgan fingerprint density at radius 3 is 3.00 bits per heavy atom. The van der Waals surface area contributed by atoms with Crippen molar-refractivity contribution in [2.75, 3.05) is 6.54 Å². The first-order valence-corrected chi connectivity index (χ1v) is 7.93. The van der Waals surface area contributed by atoms with Gasteiger partial charge in [0.2, 0.25) is 0 Å². The zero-order valence-electron chi connectivity index (χ0n) is 10.9. The number of hydrogen-bond donors (Lipinski definition) is 1. The van der Waals surface area contributed by atoms with Gasteiger partial charge in [-0.15, -0.1) is 0 Å². The fourth-order valence-corrected chi connectivity index (χ4v) is 3.28. The van der Waals surface area contributed by atoms with Crippen LogP contribution in [0.4, 0.5) is 0 Å². The Kier molecular flexibility index (Phi) is 4.38. The van der Waals surface area contributed by atoms with Crippen molar-refractivity contribution < 1.29 is 4.52 Å². The van der Waals surface area contributed by atoms with Crippen LogP contribution < -0.4 is 5.32 Å². The number of hydrogen-bond acceptors (Lipinski definition) is 4. The van der Waals surface area contributed by atoms with Gasteiger partial charge in [-0.1, -0.05) is 45.5 Å². The summed E-state index contributed by atoms with van der Waals surface area (Å²) >= 11 is 9.46. The molecule has 1 unspecified atom stereocenters. The van der Waals surface area contributed by atoms with Crippen LogP contribution in [0.1, 0.15) is 37.5 Å². The Balaban J connectivity index is 1.85. The van der Waals surface area contributed by atoms with E-state index in [0.29, 0.717) is 10.9 Å². The van der Waals surface area contributed by atoms with E-state index in [0.717, 1.165) is 28.8 Å². The minimum absolute atomic E-state index is 0.192. The SMILES string of the molecule is Clc1cc(Br)cc(-c2nc(C3CCCCCN3)no2)c1. The van der Waals surface area contributed by atoms with Crippen molar-refractivity contribution in [3.05, 3.63) is 33.5 Å². The second kappa shape index (κ2) is 6.24. The summed E-state index contributed by atoms with van der Waals surface area (Å²) in [5, 5.41) is 8.22. The molecule has 106 valence electrons. The molecule has 1 atom stereocenters. The monoisotopic (exact) mass is 355 g/mol. The third-order valence-corrected chi connectivity index (χ3v) is 4.10. The second-order valence-corrected chi connectivity index (χ2v) is 6.32. The summed E-state index contributed by atoms with van der Waals surface area (Å²) in [6, 6.07) is 5.76. The smallest absolute Gasteiger partial charge is 0.258 e. The highest BCUT2D eigenvalue weighted by atomic mass is 79.9. The van der Waals surface area contributed by atoms with Crippen molar-refractivity contribution in [1.82, 2.24) is 15.5 Å². The van der Waals surface area contributed by atoms with E-state index in [4.69, 9.17) is 16.1 Å². The number of rotatable bonds is 2. The third kappa shape index (κ3) is 3.22. The predicted molar refractivity (Wildman–Crippen MR) is 81.7 cm³/mol. The van der Waals surface area contributed by atoms with E-state index in [1.165, 1.54) is 19.3 Å². The number of nitrogens with one attached hydrogen (secondary N) is 1. The van der Waals surface area contributed by atoms with Gasteiger partial charge >= 0.3 is 0 Å². The summed E-state index contributed by atoms with van der Waals surface area (Å²) in [5.74, 6) is 1.24. The van der Waals surface area contributed by atoms with Gasteiger partial charge in [0, 0.05) is 15.1 Å². The van der Waals surface area contributed by atoms with Gasteiger partial charge in [-0.3, -0.25) is 0 Å². The zero-order valence-corrected chi connectivity index (χ0v) is 13.2. The average Bonchev–Trinajstić information content (AvgIpc) is 2.74. The van der Waals surface area contributed by atoms with Gasteiger partial charge in [-0.2, -0.15) is 4.98 Å². The van der Waals surface area contributed by atoms with Crippen LogP contribution in [0.25, 0.3) is 11.5 Å². The van der Waals surface area contributed by atoms with Crippen LogP contribution in [-0.2, 0) is 0 Å². The zero-order chi connectivity index (χ0) is 13.9. The Hall–Kier alpha value is -0.910. The summed E-state index contributed by atoms with van der Waals surface area (Å²) in [6.45, 7) is 1.01. The van der Waals surface area contributed by atoms with E-state index in [2.05, 4.69) is 31.4 Å². The first-order chi connectivity index (χ1) is 9.72. The molecule has 1 saturated heterocycles. The molecule has 0 amide bonds. The van der Waals surface area contributed by atoms with Crippen LogP contribution in [0.5, 0.6) is 0 Å². The minimum atomic E-state index is 0.192. The first kappa shape index (κ1) is 14.0. The molecule has 0 spiro atoms. The molecular formula is C14H15BrClN3O. The quantitative estimate of drug-likeness (QED) is 0.868. The maximum absolute atomic E-state index is 6.04. The van der Waals surface area contributed by atoms with Crippen LogP contribution in [-0.4, -0.2) is 16.7 Å². The van der Waals surface area contributed by atoms with Gasteiger partial charge in [0.05, 0.1) is 6.04 Å². The van der Waals surface area contributed by atoms with Gasteiger partial charge in [-0.25, -0.2) is 0 Å². The molecule has 0 aliphatic carbocycles. The Bertz CT molecular complexity index is 574. The molecule has 1 aliphatic rings. The maximum atomic E-state index is 6.04. The average molecular weight is 357 g/mol. The lowest BCUT2D eigenvalue weighted by Gasteiger charge is -2.09. The van der Waals surface area contributed by atoms with Crippen molar-refractivity contribution in [3.8, 4) is 11.5 Å². The Morgan fingerprint density at radius 2 is 2.15 bits per heavy atom. The standard InChI is InChI=1S/C14H15BrClN3O/c15-10-6-9(7-11(16)8-10)14-18-13(19-20-14)12-4-2-1-3-5-17-12/h6-8,12,17H,1-5H2. The normalized spacial score (nSPS) is 19.8. The molecule has 4 nitrogen and oxygen atoms in total. The number of benzene rings is 1. The minimum Gasteiger partial charge on any atom is -0.334 e. The van der Waals surface area contributed by atoms with Gasteiger partial charge in [0.1, 0.15) is 0 Å². The van der Waals surface area contributed by atoms with Crippen LogP contribution in [0.15, 0.2) is 27.2 Å². The largest absolute Gasteiger partial charge is 0.334 e. The second-order valence-electron chi connectivity index (χ2n) is 4.97. The number of aromatic nitrogens is 2. The van der Waals surface area contributed by atoms with Gasteiger partial charge in [0.25, 0.3) is 5.89 Å². The topological polar surface area (TPSA) is 51.0 Å². The highest BCUT2D eigenvalue weighted by molar-refractivity contribution is 9.10. The van der Waals surface area contributed by atoms with Crippen molar-refractivity contribution in [3.63, 3.8) is 0 Å². The lowest BCUT2D eigenvalue weighted by molar-refractivity contribution is 0.402. The molecule has 0 bridgehead atoms. The molecule has 0 saturated carbocycles. The van der Waals surface area contributed by atoms with E-state index < -0.39 is 0 Å². The van der Waals surface area contributed by atoms with E-state index >= 15 is 0 Å². The summed E-state index contributed by atoms with van der Waals surface area (Å²) in [7, 11) is 0. The Morgan fingerprint density at radius 1 is 1.25 bits per heavy atom. The fourth-order valence-electron chi connectivity index (χ4n) is 2.42. The summed E-state index contributed by atoms with van der Waals surface area (Å²) in [6.07, 6.45) is 4.72. The molecule has 1 aromatic heterocycles. The van der Waals surface area contributed by atoms with Crippen molar-refractivity contribution in [2.24, 2.45) is 0 Å². The van der Waals surface area contributed by atoms with Crippen LogP contribution in [0, 0.1) is 0 Å². The van der Waals surface area contributed by atoms with Gasteiger partial charge in [-0.05, 0) is 37.6 Å². The summed E-state index contributed by atoms with van der Waals surface area (Å²) in [5.41, 5.74) is 0.830. The molecule has 1 fully saturated rings. The molecule has 6 heteroatoms. The lowest BCUT2D eigenvalue weighted by atomic mass is 10.1. The fraction of sp³-hybridized carbons (Fsp3) is 0.429. The van der Waals surface area contributed by atoms with Crippen molar-refractivity contribution in [2.45, 2.75) is 31.7 Å². The molecule has 0 radical (unpaired) electrons. The molecule has 3 rings (SSSR count). The lowest BCUT2D eigenvalue weighted by Crippen LogP contribution is -2.21. The highest BCUT2D eigenvalue weighted by Gasteiger charge is 2.20. The van der Waals surface area contributed by atoms with Gasteiger partial charge in [0.15, 0.2) is 5.82 Å². The van der Waals surface area contributed by atoms with E-state index in [9.17, 15) is 0 Å². The Labute approximate surface area is 131 Å². The number of halogens is 2. The first-order valence-electron chi connectivity index (χ1n) is 6.76. The van der Waals surface area contributed by atoms with Crippen molar-refractivity contribution >= 4 is 27.5 Å². The third-order valence-electron chi connectivity index (χ3n) is 3.42. The van der Waals surface area contributed by atoms with E-state index in [1.54, 1.807) is 0 Å². The predicted octanol–water partition coefficient (Wildman–Crippen LogP) is 4.36. The van der Waals surface area contributed by atoms with Gasteiger partial charge < -0.3 is 9.84 Å². The molecular weight excluding hydrogens is 342 g/mol. The van der Waals surface area contributed by atoms with E-state index in [1.807, 2.05) is 18.2 Å². The molecule has 2 aromatic rings. The molecule has 1 N–H and O–H groups in total.